The molecule has 0 unspecified atom stereocenters. The number of aromatic nitrogens is 4. The van der Waals surface area contributed by atoms with Crippen LogP contribution < -0.4 is 10.6 Å². The van der Waals surface area contributed by atoms with Gasteiger partial charge in [-0.25, -0.2) is 15.0 Å². The second kappa shape index (κ2) is 13.4. The predicted octanol–water partition coefficient (Wildman–Crippen LogP) is 12.0. The Morgan fingerprint density at radius 2 is 1.09 bits per heavy atom. The minimum absolute atomic E-state index is 0.613. The van der Waals surface area contributed by atoms with Crippen LogP contribution in [-0.4, -0.2) is 19.5 Å². The van der Waals surface area contributed by atoms with E-state index in [1.165, 1.54) is 0 Å². The lowest BCUT2D eigenvalue weighted by Crippen LogP contribution is -2.17. The first-order chi connectivity index (χ1) is 28.6. The minimum atomic E-state index is 0.613. The molecular weight excluding hydrogens is 713 g/mol. The van der Waals surface area contributed by atoms with Crippen LogP contribution >= 0.6 is 0 Å². The highest BCUT2D eigenvalue weighted by atomic mass is 16.4. The second-order valence-corrected chi connectivity index (χ2v) is 14.4. The van der Waals surface area contributed by atoms with Gasteiger partial charge >= 0.3 is 0 Å². The van der Waals surface area contributed by atoms with Crippen LogP contribution in [-0.2, 0) is 0 Å². The summed E-state index contributed by atoms with van der Waals surface area (Å²) in [6.45, 7) is 6.18. The number of hydrogen-bond donors (Lipinski definition) is 0. The molecule has 11 rings (SSSR count). The SMILES string of the molecule is C=c1oc2c(ccc3c4cccc(-c5ccc6c(c5)c5ccccc5n6-c5cccc(-c6nc(-c7ccccc7)nc(-c7ccccc7)n6)c5)c4oc32)/c1=C/C=C\C. The molecule has 0 saturated heterocycles. The maximum absolute atomic E-state index is 6.75. The van der Waals surface area contributed by atoms with Crippen molar-refractivity contribution in [2.24, 2.45) is 0 Å². The highest BCUT2D eigenvalue weighted by Crippen LogP contribution is 2.41. The standard InChI is InChI=1S/C52H34N4O2/c1-3-4-21-38-32(2)57-48-42(38)27-28-43-41-24-14-23-39(47(41)58-49(43)48)35-26-29-46-44(31-35)40-22-11-12-25-45(40)56(46)37-20-13-19-36(30-37)52-54-50(33-15-7-5-8-16-33)53-51(55-52)34-17-9-6-10-18-34/h3-31H,2H2,1H3/b4-3-,38-21+. The van der Waals surface area contributed by atoms with Gasteiger partial charge in [-0.2, -0.15) is 0 Å². The first-order valence-electron chi connectivity index (χ1n) is 19.3. The maximum Gasteiger partial charge on any atom is 0.178 e. The van der Waals surface area contributed by atoms with Gasteiger partial charge in [-0.15, -0.1) is 0 Å². The Morgan fingerprint density at radius 1 is 0.483 bits per heavy atom. The van der Waals surface area contributed by atoms with Gasteiger partial charge in [-0.05, 0) is 55.0 Å². The Labute approximate surface area is 333 Å². The van der Waals surface area contributed by atoms with Crippen molar-refractivity contribution in [3.63, 3.8) is 0 Å². The molecule has 0 aliphatic heterocycles. The lowest BCUT2D eigenvalue weighted by Gasteiger charge is -2.12. The van der Waals surface area contributed by atoms with Crippen LogP contribution in [0.5, 0.6) is 0 Å². The molecule has 0 saturated carbocycles. The molecule has 11 aromatic rings. The highest BCUT2D eigenvalue weighted by molar-refractivity contribution is 6.17. The molecule has 58 heavy (non-hydrogen) atoms. The third-order valence-corrected chi connectivity index (χ3v) is 10.9. The van der Waals surface area contributed by atoms with Crippen molar-refractivity contribution in [3.8, 4) is 51.0 Å². The number of rotatable bonds is 6. The molecular formula is C52H34N4O2. The summed E-state index contributed by atoms with van der Waals surface area (Å²) in [6.07, 6.45) is 6.03. The first kappa shape index (κ1) is 33.5. The zero-order valence-electron chi connectivity index (χ0n) is 31.6. The molecule has 7 aromatic carbocycles. The van der Waals surface area contributed by atoms with E-state index in [4.69, 9.17) is 23.8 Å². The zero-order valence-corrected chi connectivity index (χ0v) is 31.6. The van der Waals surface area contributed by atoms with E-state index in [0.717, 1.165) is 87.9 Å². The summed E-state index contributed by atoms with van der Waals surface area (Å²) in [5.74, 6) is 1.88. The van der Waals surface area contributed by atoms with Crippen LogP contribution in [0.4, 0.5) is 0 Å². The Hall–Kier alpha value is -7.83. The quantitative estimate of drug-likeness (QED) is 0.169. The fourth-order valence-corrected chi connectivity index (χ4v) is 8.22. The average molecular weight is 747 g/mol. The van der Waals surface area contributed by atoms with Crippen molar-refractivity contribution in [1.82, 2.24) is 19.5 Å². The van der Waals surface area contributed by atoms with Crippen LogP contribution in [0, 0.1) is 0 Å². The second-order valence-electron chi connectivity index (χ2n) is 14.4. The van der Waals surface area contributed by atoms with Crippen molar-refractivity contribution in [2.75, 3.05) is 0 Å². The van der Waals surface area contributed by atoms with E-state index in [2.05, 4.69) is 108 Å². The third kappa shape index (κ3) is 5.38. The number of benzene rings is 7. The molecule has 4 heterocycles. The third-order valence-electron chi connectivity index (χ3n) is 10.9. The molecule has 4 aromatic heterocycles. The van der Waals surface area contributed by atoms with E-state index in [1.54, 1.807) is 0 Å². The smallest absolute Gasteiger partial charge is 0.178 e. The minimum Gasteiger partial charge on any atom is -0.453 e. The van der Waals surface area contributed by atoms with E-state index in [-0.39, 0.29) is 0 Å². The highest BCUT2D eigenvalue weighted by Gasteiger charge is 2.20. The topological polar surface area (TPSA) is 69.9 Å². The molecule has 0 fully saturated rings. The van der Waals surface area contributed by atoms with Crippen molar-refractivity contribution in [2.45, 2.75) is 6.92 Å². The van der Waals surface area contributed by atoms with Gasteiger partial charge < -0.3 is 13.4 Å². The molecule has 0 aliphatic carbocycles. The number of furan rings is 2. The van der Waals surface area contributed by atoms with Crippen LogP contribution in [0.25, 0.3) is 118 Å². The van der Waals surface area contributed by atoms with Crippen LogP contribution in [0.15, 0.2) is 179 Å². The van der Waals surface area contributed by atoms with E-state index >= 15 is 0 Å². The van der Waals surface area contributed by atoms with E-state index < -0.39 is 0 Å². The van der Waals surface area contributed by atoms with Gasteiger partial charge in [0.05, 0.1) is 11.0 Å². The Morgan fingerprint density at radius 3 is 1.84 bits per heavy atom. The monoisotopic (exact) mass is 746 g/mol. The average Bonchev–Trinajstić information content (AvgIpc) is 3.94. The van der Waals surface area contributed by atoms with Gasteiger partial charge in [0.25, 0.3) is 0 Å². The summed E-state index contributed by atoms with van der Waals surface area (Å²) in [7, 11) is 0. The Kier molecular flexibility index (Phi) is 7.76. The summed E-state index contributed by atoms with van der Waals surface area (Å²) in [4.78, 5) is 14.9. The van der Waals surface area contributed by atoms with Gasteiger partial charge in [0.2, 0.25) is 0 Å². The summed E-state index contributed by atoms with van der Waals surface area (Å²) in [5, 5.41) is 6.30. The van der Waals surface area contributed by atoms with Crippen molar-refractivity contribution >= 4 is 67.4 Å². The normalized spacial score (nSPS) is 12.3. The van der Waals surface area contributed by atoms with E-state index in [1.807, 2.05) is 85.8 Å². The van der Waals surface area contributed by atoms with Gasteiger partial charge in [0.1, 0.15) is 11.0 Å². The number of fused-ring (bicyclic) bond motifs is 8. The summed E-state index contributed by atoms with van der Waals surface area (Å²) in [6, 6.07) is 54.4. The van der Waals surface area contributed by atoms with Crippen LogP contribution in [0.2, 0.25) is 0 Å². The summed E-state index contributed by atoms with van der Waals surface area (Å²) >= 11 is 0. The molecule has 0 N–H and O–H groups in total. The fraction of sp³-hybridized carbons (Fsp3) is 0.0192. The first-order valence-corrected chi connectivity index (χ1v) is 19.3. The largest absolute Gasteiger partial charge is 0.453 e. The fourth-order valence-electron chi connectivity index (χ4n) is 8.22. The van der Waals surface area contributed by atoms with Gasteiger partial charge in [0, 0.05) is 60.1 Å². The zero-order chi connectivity index (χ0) is 38.7. The maximum atomic E-state index is 6.75. The van der Waals surface area contributed by atoms with Crippen molar-refractivity contribution in [3.05, 3.63) is 181 Å². The Balaban J connectivity index is 1.06. The summed E-state index contributed by atoms with van der Waals surface area (Å²) in [5.41, 5.74) is 11.0. The molecule has 274 valence electrons. The lowest BCUT2D eigenvalue weighted by molar-refractivity contribution is 0.568. The van der Waals surface area contributed by atoms with E-state index in [9.17, 15) is 0 Å². The van der Waals surface area contributed by atoms with Crippen LogP contribution in [0.3, 0.4) is 0 Å². The Bertz CT molecular complexity index is 3480. The number of para-hydroxylation sites is 2. The molecule has 0 aliphatic rings. The van der Waals surface area contributed by atoms with Gasteiger partial charge in [-0.1, -0.05) is 140 Å². The van der Waals surface area contributed by atoms with Crippen LogP contribution in [0.1, 0.15) is 6.92 Å². The molecule has 0 amide bonds. The van der Waals surface area contributed by atoms with Gasteiger partial charge in [0.15, 0.2) is 28.6 Å². The molecule has 0 atom stereocenters. The summed E-state index contributed by atoms with van der Waals surface area (Å²) < 4.78 is 15.3. The number of nitrogens with zero attached hydrogens (tertiary/aromatic N) is 4. The number of allylic oxidation sites excluding steroid dienone is 2. The predicted molar refractivity (Wildman–Crippen MR) is 237 cm³/mol. The molecule has 0 radical (unpaired) electrons. The number of hydrogen-bond acceptors (Lipinski definition) is 5. The molecule has 6 nitrogen and oxygen atoms in total. The lowest BCUT2D eigenvalue weighted by atomic mass is 10.00. The van der Waals surface area contributed by atoms with E-state index in [0.29, 0.717) is 28.5 Å². The molecule has 0 spiro atoms. The van der Waals surface area contributed by atoms with Crippen molar-refractivity contribution in [1.29, 1.82) is 0 Å². The van der Waals surface area contributed by atoms with Crippen molar-refractivity contribution < 1.29 is 8.83 Å². The molecule has 0 bridgehead atoms. The molecule has 6 heteroatoms. The van der Waals surface area contributed by atoms with Gasteiger partial charge in [-0.3, -0.25) is 0 Å².